The average Bonchev–Trinajstić information content (AvgIpc) is 2.41. The Labute approximate surface area is 99.3 Å². The van der Waals surface area contributed by atoms with Gasteiger partial charge in [0.25, 0.3) is 0 Å². The zero-order chi connectivity index (χ0) is 11.7. The van der Waals surface area contributed by atoms with Crippen LogP contribution in [0.1, 0.15) is 0 Å². The van der Waals surface area contributed by atoms with Crippen molar-refractivity contribution in [2.24, 2.45) is 0 Å². The molecule has 0 spiro atoms. The average molecular weight is 231 g/mol. The van der Waals surface area contributed by atoms with E-state index in [1.165, 1.54) is 6.07 Å². The van der Waals surface area contributed by atoms with E-state index in [1.807, 2.05) is 6.07 Å². The molecule has 1 aromatic carbocycles. The lowest BCUT2D eigenvalue weighted by molar-refractivity contribution is 0.589. The molecule has 17 heavy (non-hydrogen) atoms. The van der Waals surface area contributed by atoms with Crippen LogP contribution in [0.15, 0.2) is 30.5 Å². The predicted molar refractivity (Wildman–Crippen MR) is 66.8 cm³/mol. The molecule has 0 amide bonds. The van der Waals surface area contributed by atoms with Gasteiger partial charge in [-0.2, -0.15) is 0 Å². The SMILES string of the molecule is Fc1ccc(N2CCNCC2)c2ncccc12. The fourth-order valence-electron chi connectivity index (χ4n) is 2.28. The highest BCUT2D eigenvalue weighted by Gasteiger charge is 2.15. The number of halogens is 1. The summed E-state index contributed by atoms with van der Waals surface area (Å²) in [6, 6.07) is 6.91. The van der Waals surface area contributed by atoms with Gasteiger partial charge in [-0.25, -0.2) is 4.39 Å². The molecule has 2 aromatic rings. The maximum atomic E-state index is 13.7. The summed E-state index contributed by atoms with van der Waals surface area (Å²) in [7, 11) is 0. The monoisotopic (exact) mass is 231 g/mol. The van der Waals surface area contributed by atoms with Gasteiger partial charge in [0, 0.05) is 37.8 Å². The fraction of sp³-hybridized carbons (Fsp3) is 0.308. The molecule has 1 fully saturated rings. The van der Waals surface area contributed by atoms with Gasteiger partial charge in [0.2, 0.25) is 0 Å². The summed E-state index contributed by atoms with van der Waals surface area (Å²) >= 11 is 0. The third-order valence-electron chi connectivity index (χ3n) is 3.15. The van der Waals surface area contributed by atoms with Gasteiger partial charge in [0.05, 0.1) is 11.2 Å². The van der Waals surface area contributed by atoms with Crippen molar-refractivity contribution in [3.63, 3.8) is 0 Å². The van der Waals surface area contributed by atoms with E-state index >= 15 is 0 Å². The van der Waals surface area contributed by atoms with Crippen molar-refractivity contribution < 1.29 is 4.39 Å². The van der Waals surface area contributed by atoms with Crippen LogP contribution in [0.4, 0.5) is 10.1 Å². The zero-order valence-electron chi connectivity index (χ0n) is 9.49. The standard InChI is InChI=1S/C13H14FN3/c14-11-3-4-12(17-8-6-15-7-9-17)13-10(11)2-1-5-16-13/h1-5,15H,6-9H2. The molecule has 0 unspecified atom stereocenters. The van der Waals surface area contributed by atoms with Crippen LogP contribution in [-0.2, 0) is 0 Å². The molecule has 3 nitrogen and oxygen atoms in total. The second kappa shape index (κ2) is 4.30. The topological polar surface area (TPSA) is 28.2 Å². The number of hydrogen-bond donors (Lipinski definition) is 1. The number of nitrogens with one attached hydrogen (secondary N) is 1. The van der Waals surface area contributed by atoms with Crippen molar-refractivity contribution >= 4 is 16.6 Å². The van der Waals surface area contributed by atoms with Crippen molar-refractivity contribution in [3.05, 3.63) is 36.3 Å². The first-order chi connectivity index (χ1) is 8.36. The van der Waals surface area contributed by atoms with Gasteiger partial charge in [-0.1, -0.05) is 0 Å². The van der Waals surface area contributed by atoms with Gasteiger partial charge in [-0.3, -0.25) is 4.98 Å². The molecule has 1 N–H and O–H groups in total. The minimum absolute atomic E-state index is 0.202. The number of aromatic nitrogens is 1. The van der Waals surface area contributed by atoms with E-state index in [9.17, 15) is 4.39 Å². The molecule has 0 atom stereocenters. The summed E-state index contributed by atoms with van der Waals surface area (Å²) in [6.45, 7) is 3.81. The molecule has 0 radical (unpaired) electrons. The summed E-state index contributed by atoms with van der Waals surface area (Å²) in [5.74, 6) is -0.202. The van der Waals surface area contributed by atoms with Crippen molar-refractivity contribution in [1.82, 2.24) is 10.3 Å². The molecule has 0 aliphatic carbocycles. The molecule has 1 aromatic heterocycles. The summed E-state index contributed by atoms with van der Waals surface area (Å²) < 4.78 is 13.7. The van der Waals surface area contributed by atoms with Crippen LogP contribution in [0.3, 0.4) is 0 Å². The normalized spacial score (nSPS) is 16.4. The summed E-state index contributed by atoms with van der Waals surface area (Å²) in [5.41, 5.74) is 1.79. The summed E-state index contributed by atoms with van der Waals surface area (Å²) in [4.78, 5) is 6.57. The Kier molecular flexibility index (Phi) is 2.65. The van der Waals surface area contributed by atoms with Gasteiger partial charge in [-0.15, -0.1) is 0 Å². The maximum Gasteiger partial charge on any atom is 0.132 e. The number of piperazine rings is 1. The van der Waals surface area contributed by atoms with Crippen LogP contribution < -0.4 is 10.2 Å². The number of fused-ring (bicyclic) bond motifs is 1. The fourth-order valence-corrected chi connectivity index (χ4v) is 2.28. The van der Waals surface area contributed by atoms with Crippen LogP contribution in [0, 0.1) is 5.82 Å². The summed E-state index contributed by atoms with van der Waals surface area (Å²) in [6.07, 6.45) is 1.72. The second-order valence-electron chi connectivity index (χ2n) is 4.20. The maximum absolute atomic E-state index is 13.7. The van der Waals surface area contributed by atoms with E-state index in [4.69, 9.17) is 0 Å². The van der Waals surface area contributed by atoms with Crippen LogP contribution in [0.25, 0.3) is 10.9 Å². The Hall–Kier alpha value is -1.68. The van der Waals surface area contributed by atoms with Gasteiger partial charge < -0.3 is 10.2 Å². The summed E-state index contributed by atoms with van der Waals surface area (Å²) in [5, 5.41) is 3.91. The highest BCUT2D eigenvalue weighted by atomic mass is 19.1. The lowest BCUT2D eigenvalue weighted by Crippen LogP contribution is -2.43. The van der Waals surface area contributed by atoms with Gasteiger partial charge in [-0.05, 0) is 24.3 Å². The Balaban J connectivity index is 2.12. The van der Waals surface area contributed by atoms with Gasteiger partial charge in [0.1, 0.15) is 5.82 Å². The van der Waals surface area contributed by atoms with Crippen molar-refractivity contribution in [1.29, 1.82) is 0 Å². The molecule has 0 saturated carbocycles. The second-order valence-corrected chi connectivity index (χ2v) is 4.20. The minimum atomic E-state index is -0.202. The van der Waals surface area contributed by atoms with Crippen LogP contribution in [0.2, 0.25) is 0 Å². The van der Waals surface area contributed by atoms with Gasteiger partial charge >= 0.3 is 0 Å². The number of anilines is 1. The molecule has 1 saturated heterocycles. The van der Waals surface area contributed by atoms with Crippen molar-refractivity contribution in [2.75, 3.05) is 31.1 Å². The molecule has 88 valence electrons. The first-order valence-electron chi connectivity index (χ1n) is 5.85. The molecule has 3 rings (SSSR count). The molecule has 1 aliphatic heterocycles. The highest BCUT2D eigenvalue weighted by Crippen LogP contribution is 2.27. The third kappa shape index (κ3) is 1.85. The number of rotatable bonds is 1. The zero-order valence-corrected chi connectivity index (χ0v) is 9.49. The number of hydrogen-bond acceptors (Lipinski definition) is 3. The van der Waals surface area contributed by atoms with Gasteiger partial charge in [0.15, 0.2) is 0 Å². The lowest BCUT2D eigenvalue weighted by Gasteiger charge is -2.30. The predicted octanol–water partition coefficient (Wildman–Crippen LogP) is 1.78. The highest BCUT2D eigenvalue weighted by molar-refractivity contribution is 5.91. The Morgan fingerprint density at radius 3 is 2.82 bits per heavy atom. The van der Waals surface area contributed by atoms with Crippen LogP contribution in [-0.4, -0.2) is 31.2 Å². The Bertz CT molecular complexity index is 535. The molecule has 4 heteroatoms. The largest absolute Gasteiger partial charge is 0.367 e. The van der Waals surface area contributed by atoms with E-state index in [0.717, 1.165) is 37.4 Å². The first kappa shape index (κ1) is 10.5. The number of pyridine rings is 1. The number of nitrogens with zero attached hydrogens (tertiary/aromatic N) is 2. The van der Waals surface area contributed by atoms with E-state index in [0.29, 0.717) is 5.39 Å². The third-order valence-corrected chi connectivity index (χ3v) is 3.15. The Morgan fingerprint density at radius 1 is 1.18 bits per heavy atom. The van der Waals surface area contributed by atoms with Crippen molar-refractivity contribution in [2.45, 2.75) is 0 Å². The molecular weight excluding hydrogens is 217 g/mol. The van der Waals surface area contributed by atoms with E-state index in [1.54, 1.807) is 18.3 Å². The van der Waals surface area contributed by atoms with Crippen LogP contribution in [0.5, 0.6) is 0 Å². The van der Waals surface area contributed by atoms with E-state index in [-0.39, 0.29) is 5.82 Å². The van der Waals surface area contributed by atoms with E-state index in [2.05, 4.69) is 15.2 Å². The lowest BCUT2D eigenvalue weighted by atomic mass is 10.1. The Morgan fingerprint density at radius 2 is 2.00 bits per heavy atom. The number of benzene rings is 1. The van der Waals surface area contributed by atoms with Crippen LogP contribution >= 0.6 is 0 Å². The first-order valence-corrected chi connectivity index (χ1v) is 5.85. The smallest absolute Gasteiger partial charge is 0.132 e. The molecule has 1 aliphatic rings. The van der Waals surface area contributed by atoms with Crippen molar-refractivity contribution in [3.8, 4) is 0 Å². The minimum Gasteiger partial charge on any atom is -0.367 e. The molecule has 0 bridgehead atoms. The quantitative estimate of drug-likeness (QED) is 0.811. The van der Waals surface area contributed by atoms with E-state index < -0.39 is 0 Å². The molecular formula is C13H14FN3. The molecule has 2 heterocycles.